The number of rotatable bonds is 2. The Kier molecular flexibility index (Phi) is 4.29. The second-order valence-corrected chi connectivity index (χ2v) is 5.72. The molecule has 1 saturated heterocycles. The molecule has 1 atom stereocenters. The van der Waals surface area contributed by atoms with E-state index in [4.69, 9.17) is 0 Å². The third-order valence-electron chi connectivity index (χ3n) is 3.21. The van der Waals surface area contributed by atoms with Crippen molar-refractivity contribution in [3.63, 3.8) is 0 Å². The summed E-state index contributed by atoms with van der Waals surface area (Å²) in [6.45, 7) is 4.90. The Morgan fingerprint density at radius 2 is 2.56 bits per heavy atom. The fourth-order valence-electron chi connectivity index (χ4n) is 2.09. The van der Waals surface area contributed by atoms with Gasteiger partial charge in [-0.05, 0) is 13.3 Å². The summed E-state index contributed by atoms with van der Waals surface area (Å²) in [5.41, 5.74) is 1.41. The largest absolute Gasteiger partial charge is 0.339 e. The maximum absolute atomic E-state index is 12.0. The van der Waals surface area contributed by atoms with Crippen LogP contribution < -0.4 is 5.32 Å². The van der Waals surface area contributed by atoms with Gasteiger partial charge in [-0.25, -0.2) is 0 Å². The molecule has 1 N–H and O–H groups in total. The average Bonchev–Trinajstić information content (AvgIpc) is 2.31. The van der Waals surface area contributed by atoms with E-state index >= 15 is 0 Å². The third-order valence-corrected chi connectivity index (χ3v) is 4.34. The quantitative estimate of drug-likeness (QED) is 0.738. The van der Waals surface area contributed by atoms with Gasteiger partial charge in [0.05, 0.1) is 0 Å². The molecule has 90 valence electrons. The van der Waals surface area contributed by atoms with Gasteiger partial charge in [0.15, 0.2) is 0 Å². The number of carbonyl (C=O) groups excluding carboxylic acids is 1. The zero-order valence-corrected chi connectivity index (χ0v) is 10.7. The predicted molar refractivity (Wildman–Crippen MR) is 68.7 cm³/mol. The van der Waals surface area contributed by atoms with Crippen LogP contribution in [0.5, 0.6) is 0 Å². The minimum Gasteiger partial charge on any atom is -0.339 e. The summed E-state index contributed by atoms with van der Waals surface area (Å²) in [6.07, 6.45) is 3.88. The molecule has 1 fully saturated rings. The molecule has 4 heteroatoms. The standard InChI is InChI=1S/C12H20N2OS/c1-10-2-5-14(6-3-10)12(15)8-11-9-16-7-4-13-11/h2,11,13H,3-9H2,1H3. The van der Waals surface area contributed by atoms with Crippen LogP contribution >= 0.6 is 11.8 Å². The van der Waals surface area contributed by atoms with Crippen LogP contribution in [0.25, 0.3) is 0 Å². The van der Waals surface area contributed by atoms with Crippen LogP contribution in [0.2, 0.25) is 0 Å². The molecule has 0 aromatic rings. The zero-order chi connectivity index (χ0) is 11.4. The van der Waals surface area contributed by atoms with Gasteiger partial charge < -0.3 is 10.2 Å². The molecule has 0 bridgehead atoms. The molecule has 2 aliphatic rings. The van der Waals surface area contributed by atoms with Crippen molar-refractivity contribution in [2.24, 2.45) is 0 Å². The lowest BCUT2D eigenvalue weighted by Gasteiger charge is -2.29. The van der Waals surface area contributed by atoms with Crippen LogP contribution in [0, 0.1) is 0 Å². The van der Waals surface area contributed by atoms with Crippen molar-refractivity contribution in [1.29, 1.82) is 0 Å². The van der Waals surface area contributed by atoms with E-state index in [1.807, 2.05) is 16.7 Å². The van der Waals surface area contributed by atoms with Gasteiger partial charge in [-0.3, -0.25) is 4.79 Å². The van der Waals surface area contributed by atoms with Crippen molar-refractivity contribution < 1.29 is 4.79 Å². The van der Waals surface area contributed by atoms with Crippen LogP contribution in [-0.4, -0.2) is 48.0 Å². The van der Waals surface area contributed by atoms with E-state index in [1.54, 1.807) is 0 Å². The van der Waals surface area contributed by atoms with Crippen LogP contribution in [0.3, 0.4) is 0 Å². The van der Waals surface area contributed by atoms with Gasteiger partial charge in [0.2, 0.25) is 5.91 Å². The highest BCUT2D eigenvalue weighted by atomic mass is 32.2. The van der Waals surface area contributed by atoms with E-state index in [9.17, 15) is 4.79 Å². The maximum atomic E-state index is 12.0. The Bertz CT molecular complexity index is 285. The monoisotopic (exact) mass is 240 g/mol. The molecule has 0 spiro atoms. The topological polar surface area (TPSA) is 32.3 Å². The third kappa shape index (κ3) is 3.25. The van der Waals surface area contributed by atoms with Crippen molar-refractivity contribution >= 4 is 17.7 Å². The van der Waals surface area contributed by atoms with Crippen molar-refractivity contribution in [2.75, 3.05) is 31.1 Å². The molecule has 0 aromatic carbocycles. The average molecular weight is 240 g/mol. The van der Waals surface area contributed by atoms with Crippen LogP contribution in [0.15, 0.2) is 11.6 Å². The smallest absolute Gasteiger partial charge is 0.224 e. The van der Waals surface area contributed by atoms with E-state index in [0.717, 1.165) is 31.8 Å². The first-order valence-electron chi connectivity index (χ1n) is 6.00. The highest BCUT2D eigenvalue weighted by Gasteiger charge is 2.21. The van der Waals surface area contributed by atoms with E-state index in [0.29, 0.717) is 18.4 Å². The normalized spacial score (nSPS) is 26.4. The van der Waals surface area contributed by atoms with Gasteiger partial charge in [0.25, 0.3) is 0 Å². The van der Waals surface area contributed by atoms with Crippen LogP contribution in [0.1, 0.15) is 19.8 Å². The Labute approximate surface area is 102 Å². The lowest BCUT2D eigenvalue weighted by Crippen LogP contribution is -2.43. The summed E-state index contributed by atoms with van der Waals surface area (Å²) < 4.78 is 0. The van der Waals surface area contributed by atoms with Crippen LogP contribution in [0.4, 0.5) is 0 Å². The molecule has 16 heavy (non-hydrogen) atoms. The zero-order valence-electron chi connectivity index (χ0n) is 9.87. The van der Waals surface area contributed by atoms with Gasteiger partial charge >= 0.3 is 0 Å². The molecule has 1 unspecified atom stereocenters. The van der Waals surface area contributed by atoms with Crippen molar-refractivity contribution in [1.82, 2.24) is 10.2 Å². The lowest BCUT2D eigenvalue weighted by molar-refractivity contribution is -0.131. The van der Waals surface area contributed by atoms with E-state index < -0.39 is 0 Å². The van der Waals surface area contributed by atoms with Gasteiger partial charge in [0, 0.05) is 43.6 Å². The number of hydrogen-bond acceptors (Lipinski definition) is 3. The first-order valence-corrected chi connectivity index (χ1v) is 7.15. The number of nitrogens with zero attached hydrogens (tertiary/aromatic N) is 1. The summed E-state index contributed by atoms with van der Waals surface area (Å²) in [5.74, 6) is 2.56. The number of amides is 1. The molecule has 2 heterocycles. The Morgan fingerprint density at radius 3 is 3.19 bits per heavy atom. The summed E-state index contributed by atoms with van der Waals surface area (Å²) >= 11 is 1.95. The molecular formula is C12H20N2OS. The molecular weight excluding hydrogens is 220 g/mol. The molecule has 0 radical (unpaired) electrons. The number of thioether (sulfide) groups is 1. The summed E-state index contributed by atoms with van der Waals surface area (Å²) in [5, 5.41) is 3.41. The highest BCUT2D eigenvalue weighted by Crippen LogP contribution is 2.14. The maximum Gasteiger partial charge on any atom is 0.224 e. The van der Waals surface area contributed by atoms with E-state index in [-0.39, 0.29) is 0 Å². The SMILES string of the molecule is CC1=CCN(C(=O)CC2CSCCN2)CC1. The predicted octanol–water partition coefficient (Wildman–Crippen LogP) is 1.26. The van der Waals surface area contributed by atoms with Crippen molar-refractivity contribution in [3.05, 3.63) is 11.6 Å². The van der Waals surface area contributed by atoms with Gasteiger partial charge in [-0.15, -0.1) is 0 Å². The van der Waals surface area contributed by atoms with Gasteiger partial charge in [-0.2, -0.15) is 11.8 Å². The number of carbonyl (C=O) groups is 1. The van der Waals surface area contributed by atoms with Crippen molar-refractivity contribution in [3.8, 4) is 0 Å². The second kappa shape index (κ2) is 5.73. The molecule has 0 aliphatic carbocycles. The first kappa shape index (κ1) is 12.0. The van der Waals surface area contributed by atoms with Crippen LogP contribution in [-0.2, 0) is 4.79 Å². The minimum absolute atomic E-state index is 0.309. The fourth-order valence-corrected chi connectivity index (χ4v) is 3.04. The van der Waals surface area contributed by atoms with Crippen molar-refractivity contribution in [2.45, 2.75) is 25.8 Å². The Hall–Kier alpha value is -0.480. The summed E-state index contributed by atoms with van der Waals surface area (Å²) in [4.78, 5) is 14.0. The fraction of sp³-hybridized carbons (Fsp3) is 0.750. The summed E-state index contributed by atoms with van der Waals surface area (Å²) in [6, 6.07) is 0.387. The van der Waals surface area contributed by atoms with E-state index in [1.165, 1.54) is 11.3 Å². The Balaban J connectivity index is 1.79. The minimum atomic E-state index is 0.309. The molecule has 1 amide bonds. The first-order chi connectivity index (χ1) is 7.75. The van der Waals surface area contributed by atoms with Gasteiger partial charge in [0.1, 0.15) is 0 Å². The molecule has 2 aliphatic heterocycles. The molecule has 0 aromatic heterocycles. The number of nitrogens with one attached hydrogen (secondary N) is 1. The highest BCUT2D eigenvalue weighted by molar-refractivity contribution is 7.99. The molecule has 0 saturated carbocycles. The molecule has 2 rings (SSSR count). The van der Waals surface area contributed by atoms with Gasteiger partial charge in [-0.1, -0.05) is 11.6 Å². The number of hydrogen-bond donors (Lipinski definition) is 1. The van der Waals surface area contributed by atoms with E-state index in [2.05, 4.69) is 18.3 Å². The summed E-state index contributed by atoms with van der Waals surface area (Å²) in [7, 11) is 0. The second-order valence-electron chi connectivity index (χ2n) is 4.57. The molecule has 3 nitrogen and oxygen atoms in total. The lowest BCUT2D eigenvalue weighted by atomic mass is 10.1. The Morgan fingerprint density at radius 1 is 1.69 bits per heavy atom.